The van der Waals surface area contributed by atoms with Gasteiger partial charge in [-0.1, -0.05) is 65.8 Å². The summed E-state index contributed by atoms with van der Waals surface area (Å²) >= 11 is 5.94. The molecule has 0 bridgehead atoms. The summed E-state index contributed by atoms with van der Waals surface area (Å²) in [5, 5.41) is 80.8. The number of aromatic hydroxyl groups is 3. The van der Waals surface area contributed by atoms with Crippen molar-refractivity contribution in [2.24, 2.45) is 0 Å². The van der Waals surface area contributed by atoms with Gasteiger partial charge in [-0.2, -0.15) is 0 Å². The summed E-state index contributed by atoms with van der Waals surface area (Å²) in [6.07, 6.45) is 2.51. The highest BCUT2D eigenvalue weighted by atomic mass is 35.5. The normalized spacial score (nSPS) is 32.5. The number of hydrogen-bond acceptors (Lipinski definition) is 18. The molecule has 3 fully saturated rings. The number of amides is 1. The van der Waals surface area contributed by atoms with Crippen molar-refractivity contribution in [2.75, 3.05) is 5.32 Å². The molecule has 0 spiro atoms. The van der Waals surface area contributed by atoms with Crippen molar-refractivity contribution in [3.63, 3.8) is 0 Å². The third-order valence-corrected chi connectivity index (χ3v) is 13.0. The Morgan fingerprint density at radius 3 is 2.30 bits per heavy atom. The molecule has 3 aromatic rings. The molecule has 8 rings (SSSR count). The van der Waals surface area contributed by atoms with Crippen LogP contribution in [0.25, 0.3) is 11.0 Å². The van der Waals surface area contributed by atoms with E-state index in [-0.39, 0.29) is 51.3 Å². The van der Waals surface area contributed by atoms with Crippen LogP contribution in [0.2, 0.25) is 5.02 Å². The molecule has 0 unspecified atom stereocenters. The number of fused-ring (bicyclic) bond motifs is 3. The molecule has 20 heteroatoms. The Hall–Kier alpha value is -6.45. The summed E-state index contributed by atoms with van der Waals surface area (Å²) in [7, 11) is 0. The summed E-state index contributed by atoms with van der Waals surface area (Å²) in [5.74, 6) is -6.08. The highest BCUT2D eigenvalue weighted by Crippen LogP contribution is 2.74. The molecule has 8 N–H and O–H groups in total. The number of halogens is 1. The number of carbonyl (C=O) groups excluding carboxylic acids is 5. The van der Waals surface area contributed by atoms with Gasteiger partial charge in [0, 0.05) is 55.0 Å². The standard InChI is InChI=1S/C46H42ClNO18/c1-20-16-29(51)45(61)43(60,18-20)19-30(52)44-41(58)33-24(40(57)46(44,45)66-44)13-12-23(36(33)55)27-17-28(38(21(2)62-27)63-22(3)49)64-32(54)11-9-7-5-4-6-8-10-31(53)48-35-37(56)25-14-15-26(50)34(47)39(25)65-42(35)59/h4-16,21,27-28,30,38,41,50,52,55-56,58,60-61H,17-19H2,1-3H3,(H,48,53)/t21-,27-,28-,30+,38-,41-,43-,44+,45-,46-/m1/s1. The Morgan fingerprint density at radius 2 is 1.61 bits per heavy atom. The van der Waals surface area contributed by atoms with Crippen LogP contribution in [0.15, 0.2) is 93.7 Å². The smallest absolute Gasteiger partial charge is 0.364 e. The van der Waals surface area contributed by atoms with Crippen molar-refractivity contribution < 1.29 is 83.1 Å². The zero-order chi connectivity index (χ0) is 47.8. The molecule has 1 aromatic heterocycles. The van der Waals surface area contributed by atoms with Gasteiger partial charge in [0.05, 0.1) is 23.7 Å². The number of esters is 2. The van der Waals surface area contributed by atoms with E-state index in [0.29, 0.717) is 5.57 Å². The Balaban J connectivity index is 0.943. The van der Waals surface area contributed by atoms with E-state index in [9.17, 15) is 64.5 Å². The molecule has 2 aliphatic heterocycles. The Kier molecular flexibility index (Phi) is 11.5. The van der Waals surface area contributed by atoms with Crippen molar-refractivity contribution in [1.82, 2.24) is 0 Å². The number of phenolic OH excluding ortho intramolecular Hbond substituents is 2. The number of epoxide rings is 1. The van der Waals surface area contributed by atoms with Gasteiger partial charge >= 0.3 is 17.6 Å². The lowest BCUT2D eigenvalue weighted by molar-refractivity contribution is -0.210. The molecule has 2 saturated heterocycles. The molecule has 5 aliphatic rings. The van der Waals surface area contributed by atoms with E-state index in [4.69, 9.17) is 35.0 Å². The molecule has 10 atom stereocenters. The zero-order valence-corrected chi connectivity index (χ0v) is 35.8. The minimum absolute atomic E-state index is 0.00805. The zero-order valence-electron chi connectivity index (χ0n) is 35.1. The largest absolute Gasteiger partial charge is 0.507 e. The van der Waals surface area contributed by atoms with Crippen molar-refractivity contribution >= 4 is 57.7 Å². The summed E-state index contributed by atoms with van der Waals surface area (Å²) in [6.45, 7) is 4.23. The van der Waals surface area contributed by atoms with Crippen molar-refractivity contribution in [1.29, 1.82) is 0 Å². The first-order valence-corrected chi connectivity index (χ1v) is 20.8. The molecule has 2 aromatic carbocycles. The average Bonchev–Trinajstić information content (AvgIpc) is 3.98. The lowest BCUT2D eigenvalue weighted by Crippen LogP contribution is -2.78. The molecule has 1 saturated carbocycles. The van der Waals surface area contributed by atoms with Crippen LogP contribution in [-0.2, 0) is 38.1 Å². The monoisotopic (exact) mass is 931 g/mol. The second-order valence-corrected chi connectivity index (χ2v) is 17.1. The first-order valence-electron chi connectivity index (χ1n) is 20.5. The number of anilines is 1. The van der Waals surface area contributed by atoms with E-state index in [2.05, 4.69) is 5.32 Å². The second kappa shape index (κ2) is 16.5. The number of hydrogen-bond donors (Lipinski definition) is 8. The lowest BCUT2D eigenvalue weighted by Gasteiger charge is -2.54. The van der Waals surface area contributed by atoms with Crippen LogP contribution in [0.5, 0.6) is 17.2 Å². The van der Waals surface area contributed by atoms with Gasteiger partial charge < -0.3 is 64.4 Å². The topological polar surface area (TPSA) is 309 Å². The van der Waals surface area contributed by atoms with Crippen LogP contribution in [0.1, 0.15) is 73.7 Å². The molecule has 346 valence electrons. The van der Waals surface area contributed by atoms with Crippen LogP contribution in [0.4, 0.5) is 5.69 Å². The van der Waals surface area contributed by atoms with Crippen LogP contribution in [0, 0.1) is 0 Å². The number of nitrogens with one attached hydrogen (secondary N) is 1. The van der Waals surface area contributed by atoms with Gasteiger partial charge in [-0.3, -0.25) is 19.2 Å². The highest BCUT2D eigenvalue weighted by Gasteiger charge is 2.96. The quantitative estimate of drug-likeness (QED) is 0.0503. The molecule has 19 nitrogen and oxygen atoms in total. The van der Waals surface area contributed by atoms with Gasteiger partial charge in [0.25, 0.3) is 0 Å². The van der Waals surface area contributed by atoms with Crippen LogP contribution < -0.4 is 10.9 Å². The van der Waals surface area contributed by atoms with E-state index in [0.717, 1.165) is 25.2 Å². The third kappa shape index (κ3) is 6.88. The van der Waals surface area contributed by atoms with Gasteiger partial charge in [0.2, 0.25) is 17.3 Å². The molecular formula is C46H42ClNO18. The number of phenols is 2. The maximum absolute atomic E-state index is 14.4. The van der Waals surface area contributed by atoms with E-state index >= 15 is 0 Å². The van der Waals surface area contributed by atoms with Gasteiger partial charge in [-0.15, -0.1) is 0 Å². The number of allylic oxidation sites excluding steroid dienone is 6. The fraction of sp³-hybridized carbons (Fsp3) is 0.348. The van der Waals surface area contributed by atoms with E-state index in [1.807, 2.05) is 0 Å². The molecule has 0 radical (unpaired) electrons. The van der Waals surface area contributed by atoms with Crippen LogP contribution >= 0.6 is 11.6 Å². The molecule has 3 aliphatic carbocycles. The van der Waals surface area contributed by atoms with Gasteiger partial charge in [0.15, 0.2) is 40.1 Å². The Bertz CT molecular complexity index is 2840. The SMILES string of the molecule is CC(=O)O[C@@H]1[C@@H](C)O[C@@H](c2ccc3c(c2O)[C@@H](O)[C@]24O[C@@]2(C3=O)[C@@]2(O)C(=O)C=C(C)C[C@@]2(O)C[C@@H]4O)C[C@H]1OC(=O)C=CC=CC=CC=CC(=O)Nc1c(O)c2ccc(O)c(Cl)c2oc1=O. The van der Waals surface area contributed by atoms with Crippen molar-refractivity contribution in [2.45, 2.75) is 99.1 Å². The minimum atomic E-state index is -2.88. The van der Waals surface area contributed by atoms with Crippen LogP contribution in [-0.4, -0.2) is 112 Å². The maximum Gasteiger partial charge on any atom is 0.364 e. The van der Waals surface area contributed by atoms with Gasteiger partial charge in [0.1, 0.15) is 34.3 Å². The summed E-state index contributed by atoms with van der Waals surface area (Å²) < 4.78 is 28.2. The summed E-state index contributed by atoms with van der Waals surface area (Å²) in [6, 6.07) is 4.95. The average molecular weight is 932 g/mol. The minimum Gasteiger partial charge on any atom is -0.507 e. The first kappa shape index (κ1) is 46.1. The molecule has 66 heavy (non-hydrogen) atoms. The number of Topliss-reactive ketones (excluding diaryl/α,β-unsaturated/α-hetero) is 1. The number of aliphatic hydroxyl groups excluding tert-OH is 2. The first-order chi connectivity index (χ1) is 31.1. The molecule has 1 amide bonds. The van der Waals surface area contributed by atoms with Gasteiger partial charge in [-0.05, 0) is 32.1 Å². The van der Waals surface area contributed by atoms with Crippen LogP contribution in [0.3, 0.4) is 0 Å². The number of ether oxygens (including phenoxy) is 4. The predicted molar refractivity (Wildman–Crippen MR) is 227 cm³/mol. The highest BCUT2D eigenvalue weighted by molar-refractivity contribution is 6.36. The van der Waals surface area contributed by atoms with Crippen molar-refractivity contribution in [3.05, 3.63) is 117 Å². The van der Waals surface area contributed by atoms with Crippen molar-refractivity contribution in [3.8, 4) is 17.2 Å². The third-order valence-electron chi connectivity index (χ3n) is 12.7. The lowest BCUT2D eigenvalue weighted by atomic mass is 9.50. The summed E-state index contributed by atoms with van der Waals surface area (Å²) in [5.41, 5.74) is -12.3. The Labute approximate surface area is 378 Å². The number of carbonyl (C=O) groups is 5. The van der Waals surface area contributed by atoms with E-state index in [1.165, 1.54) is 67.6 Å². The van der Waals surface area contributed by atoms with Gasteiger partial charge in [-0.25, -0.2) is 9.59 Å². The number of rotatable bonds is 9. The number of benzene rings is 2. The fourth-order valence-electron chi connectivity index (χ4n) is 9.78. The molecule has 3 heterocycles. The van der Waals surface area contributed by atoms with E-state index in [1.54, 1.807) is 6.92 Å². The second-order valence-electron chi connectivity index (χ2n) is 16.7. The molecular weight excluding hydrogens is 890 g/mol. The maximum atomic E-state index is 14.4. The number of aliphatic hydroxyl groups is 4. The van der Waals surface area contributed by atoms with E-state index < -0.39 is 118 Å². The Morgan fingerprint density at radius 1 is 0.924 bits per heavy atom. The predicted octanol–water partition coefficient (Wildman–Crippen LogP) is 3.00. The number of ketones is 2. The summed E-state index contributed by atoms with van der Waals surface area (Å²) in [4.78, 5) is 77.7. The fourth-order valence-corrected chi connectivity index (χ4v) is 9.99.